The van der Waals surface area contributed by atoms with Gasteiger partial charge in [0.05, 0.1) is 0 Å². The van der Waals surface area contributed by atoms with E-state index in [0.29, 0.717) is 17.1 Å². The number of aryl methyl sites for hydroxylation is 1. The van der Waals surface area contributed by atoms with Crippen molar-refractivity contribution in [1.82, 2.24) is 20.2 Å². The smallest absolute Gasteiger partial charge is 0.352 e. The summed E-state index contributed by atoms with van der Waals surface area (Å²) in [5.74, 6) is -2.88. The molecule has 31 heavy (non-hydrogen) atoms. The van der Waals surface area contributed by atoms with Gasteiger partial charge in [-0.05, 0) is 12.5 Å². The van der Waals surface area contributed by atoms with E-state index in [0.717, 1.165) is 21.4 Å². The minimum absolute atomic E-state index is 0.0707. The quantitative estimate of drug-likeness (QED) is 0.220. The van der Waals surface area contributed by atoms with Crippen LogP contribution in [-0.4, -0.2) is 66.5 Å². The summed E-state index contributed by atoms with van der Waals surface area (Å²) in [5, 5.41) is 14.9. The Morgan fingerprint density at radius 3 is 2.71 bits per heavy atom. The first-order valence-corrected chi connectivity index (χ1v) is 12.6. The predicted octanol–water partition coefficient (Wildman–Crippen LogP) is 1.20. The van der Waals surface area contributed by atoms with Gasteiger partial charge in [0.2, 0.25) is 0 Å². The number of thioether (sulfide) groups is 2. The van der Waals surface area contributed by atoms with Gasteiger partial charge < -0.3 is 16.2 Å². The molecule has 0 bridgehead atoms. The maximum Gasteiger partial charge on any atom is 0.352 e. The van der Waals surface area contributed by atoms with Crippen LogP contribution in [0.5, 0.6) is 0 Å². The van der Waals surface area contributed by atoms with Crippen LogP contribution in [0.4, 0.5) is 5.13 Å². The Bertz CT molecular complexity index is 1130. The number of ketones is 1. The number of amides is 2. The molecular formula is C17H15N5O5S4. The van der Waals surface area contributed by atoms with E-state index in [2.05, 4.69) is 15.3 Å². The number of nitrogens with two attached hydrogens (primary N) is 1. The fraction of sp³-hybridized carbons (Fsp3) is 0.294. The van der Waals surface area contributed by atoms with E-state index in [1.165, 1.54) is 45.1 Å². The zero-order chi connectivity index (χ0) is 22.3. The highest BCUT2D eigenvalue weighted by atomic mass is 32.2. The Hall–Kier alpha value is -2.42. The average molecular weight is 498 g/mol. The van der Waals surface area contributed by atoms with E-state index in [-0.39, 0.29) is 16.5 Å². The van der Waals surface area contributed by atoms with Crippen molar-refractivity contribution < 1.29 is 24.3 Å². The van der Waals surface area contributed by atoms with Crippen molar-refractivity contribution in [3.63, 3.8) is 0 Å². The second-order valence-corrected chi connectivity index (χ2v) is 10.6. The van der Waals surface area contributed by atoms with Crippen LogP contribution in [-0.2, 0) is 14.4 Å². The molecule has 0 aromatic carbocycles. The molecule has 1 fully saturated rings. The van der Waals surface area contributed by atoms with Gasteiger partial charge >= 0.3 is 5.97 Å². The highest BCUT2D eigenvalue weighted by molar-refractivity contribution is 8.01. The van der Waals surface area contributed by atoms with Crippen LogP contribution >= 0.6 is 46.2 Å². The SMILES string of the molecule is Cc1csc(SCC2=C(C(=O)O)N3C(=O)C(NC(=O)C(=O)c4csc(N)n4)[C@@H]3SC2)n1. The fourth-order valence-electron chi connectivity index (χ4n) is 3.06. The number of β-lactam (4-membered cyclic amide) rings is 1. The summed E-state index contributed by atoms with van der Waals surface area (Å²) >= 11 is 5.26. The molecule has 0 saturated carbocycles. The summed E-state index contributed by atoms with van der Waals surface area (Å²) in [6, 6.07) is -0.984. The first-order valence-electron chi connectivity index (χ1n) is 8.77. The lowest BCUT2D eigenvalue weighted by atomic mass is 10.0. The van der Waals surface area contributed by atoms with Crippen molar-refractivity contribution in [3.8, 4) is 0 Å². The highest BCUT2D eigenvalue weighted by Crippen LogP contribution is 2.41. The summed E-state index contributed by atoms with van der Waals surface area (Å²) < 4.78 is 0.822. The third-order valence-corrected chi connectivity index (χ3v) is 8.70. The number of fused-ring (bicyclic) bond motifs is 1. The number of nitrogens with one attached hydrogen (secondary N) is 1. The standard InChI is InChI=1S/C17H15N5O5S4/c1-6-2-30-17(19-6)31-4-7-3-28-14-9(13(25)22(14)10(7)15(26)27)21-12(24)11(23)8-5-29-16(18)20-8/h2,5,9,14H,3-4H2,1H3,(H2,18,20)(H,21,24)(H,26,27)/t9?,14-/m0/s1. The van der Waals surface area contributed by atoms with Crippen LogP contribution in [0.2, 0.25) is 0 Å². The number of aromatic nitrogens is 2. The molecule has 4 heterocycles. The molecule has 1 saturated heterocycles. The predicted molar refractivity (Wildman–Crippen MR) is 118 cm³/mol. The molecule has 1 unspecified atom stereocenters. The Labute approximate surface area is 192 Å². The molecule has 10 nitrogen and oxygen atoms in total. The molecule has 4 N–H and O–H groups in total. The van der Waals surface area contributed by atoms with Gasteiger partial charge in [0.25, 0.3) is 17.6 Å². The van der Waals surface area contributed by atoms with Gasteiger partial charge in [0.1, 0.15) is 27.1 Å². The lowest BCUT2D eigenvalue weighted by molar-refractivity contribution is -0.150. The molecule has 162 valence electrons. The molecule has 0 spiro atoms. The van der Waals surface area contributed by atoms with Gasteiger partial charge in [0.15, 0.2) is 5.13 Å². The zero-order valence-corrected chi connectivity index (χ0v) is 19.1. The van der Waals surface area contributed by atoms with Gasteiger partial charge in [-0.2, -0.15) is 0 Å². The van der Waals surface area contributed by atoms with Gasteiger partial charge in [-0.15, -0.1) is 34.4 Å². The second-order valence-electron chi connectivity index (χ2n) is 6.56. The fourth-order valence-corrected chi connectivity index (χ4v) is 6.93. The Morgan fingerprint density at radius 2 is 2.10 bits per heavy atom. The topological polar surface area (TPSA) is 156 Å². The molecule has 2 atom stereocenters. The first-order chi connectivity index (χ1) is 14.8. The number of Topliss-reactive ketones (excluding diaryl/α,β-unsaturated/α-hetero) is 1. The van der Waals surface area contributed by atoms with Crippen LogP contribution < -0.4 is 11.1 Å². The van der Waals surface area contributed by atoms with E-state index < -0.39 is 35.0 Å². The summed E-state index contributed by atoms with van der Waals surface area (Å²) in [6.07, 6.45) is 0. The number of anilines is 1. The number of rotatable bonds is 7. The number of hydrogen-bond acceptors (Lipinski definition) is 11. The van der Waals surface area contributed by atoms with Crippen LogP contribution in [0.25, 0.3) is 0 Å². The molecule has 0 aliphatic carbocycles. The highest BCUT2D eigenvalue weighted by Gasteiger charge is 2.54. The molecule has 2 aromatic heterocycles. The monoisotopic (exact) mass is 497 g/mol. The van der Waals surface area contributed by atoms with E-state index in [9.17, 15) is 24.3 Å². The number of nitrogens with zero attached hydrogens (tertiary/aromatic N) is 3. The third kappa shape index (κ3) is 4.20. The van der Waals surface area contributed by atoms with E-state index in [1.807, 2.05) is 12.3 Å². The molecule has 2 aliphatic rings. The Morgan fingerprint density at radius 1 is 1.32 bits per heavy atom. The normalized spacial score (nSPS) is 20.3. The molecule has 2 aliphatic heterocycles. The van der Waals surface area contributed by atoms with Gasteiger partial charge in [0, 0.05) is 28.0 Å². The van der Waals surface area contributed by atoms with Crippen LogP contribution in [0, 0.1) is 6.92 Å². The average Bonchev–Trinajstić information content (AvgIpc) is 3.36. The number of aliphatic carboxylic acids is 1. The van der Waals surface area contributed by atoms with E-state index in [4.69, 9.17) is 5.73 Å². The number of nitrogen functional groups attached to an aromatic ring is 1. The molecule has 2 amide bonds. The first kappa shape index (κ1) is 21.8. The number of carbonyl (C=O) groups is 4. The van der Waals surface area contributed by atoms with Crippen molar-refractivity contribution in [3.05, 3.63) is 33.4 Å². The minimum atomic E-state index is -1.21. The maximum atomic E-state index is 12.7. The second kappa shape index (κ2) is 8.61. The van der Waals surface area contributed by atoms with Crippen LogP contribution in [0.1, 0.15) is 16.2 Å². The lowest BCUT2D eigenvalue weighted by Gasteiger charge is -2.49. The number of carbonyl (C=O) groups excluding carboxylic acids is 3. The summed E-state index contributed by atoms with van der Waals surface area (Å²) in [5.41, 5.74) is 6.82. The zero-order valence-electron chi connectivity index (χ0n) is 15.9. The van der Waals surface area contributed by atoms with E-state index in [1.54, 1.807) is 0 Å². The lowest BCUT2D eigenvalue weighted by Crippen LogP contribution is -2.71. The molecule has 0 radical (unpaired) electrons. The number of carboxylic acids is 1. The van der Waals surface area contributed by atoms with Gasteiger partial charge in [-0.25, -0.2) is 14.8 Å². The number of thiazole rings is 2. The molecular weight excluding hydrogens is 482 g/mol. The van der Waals surface area contributed by atoms with Crippen LogP contribution in [0.3, 0.4) is 0 Å². The van der Waals surface area contributed by atoms with Crippen molar-refractivity contribution in [2.24, 2.45) is 0 Å². The van der Waals surface area contributed by atoms with Gasteiger partial charge in [-0.1, -0.05) is 11.8 Å². The van der Waals surface area contributed by atoms with Crippen molar-refractivity contribution in [1.29, 1.82) is 0 Å². The Kier molecular flexibility index (Phi) is 6.05. The minimum Gasteiger partial charge on any atom is -0.477 e. The molecule has 2 aromatic rings. The van der Waals surface area contributed by atoms with Crippen molar-refractivity contribution in [2.45, 2.75) is 22.7 Å². The summed E-state index contributed by atoms with van der Waals surface area (Å²) in [4.78, 5) is 58.3. The Balaban J connectivity index is 1.46. The number of carboxylic acid groups (broad SMARTS) is 1. The van der Waals surface area contributed by atoms with Crippen LogP contribution in [0.15, 0.2) is 26.4 Å². The summed E-state index contributed by atoms with van der Waals surface area (Å²) in [6.45, 7) is 1.88. The van der Waals surface area contributed by atoms with Crippen molar-refractivity contribution in [2.75, 3.05) is 17.2 Å². The maximum absolute atomic E-state index is 12.7. The van der Waals surface area contributed by atoms with E-state index >= 15 is 0 Å². The third-order valence-electron chi connectivity index (χ3n) is 4.47. The number of hydrogen-bond donors (Lipinski definition) is 3. The van der Waals surface area contributed by atoms with Gasteiger partial charge in [-0.3, -0.25) is 19.3 Å². The summed E-state index contributed by atoms with van der Waals surface area (Å²) in [7, 11) is 0. The molecule has 14 heteroatoms. The van der Waals surface area contributed by atoms with Crippen molar-refractivity contribution >= 4 is 74.9 Å². The largest absolute Gasteiger partial charge is 0.477 e. The molecule has 4 rings (SSSR count).